The molecule has 9 heteroatoms. The number of rotatable bonds is 5. The van der Waals surface area contributed by atoms with Crippen molar-refractivity contribution in [3.8, 4) is 5.69 Å². The Morgan fingerprint density at radius 1 is 0.967 bits per heavy atom. The summed E-state index contributed by atoms with van der Waals surface area (Å²) >= 11 is 0. The van der Waals surface area contributed by atoms with E-state index < -0.39 is 5.91 Å². The Morgan fingerprint density at radius 3 is 2.50 bits per heavy atom. The minimum Gasteiger partial charge on any atom is -0.273 e. The summed E-state index contributed by atoms with van der Waals surface area (Å²) in [6.07, 6.45) is 4.20. The predicted molar refractivity (Wildman–Crippen MR) is 110 cm³/mol. The van der Waals surface area contributed by atoms with Crippen molar-refractivity contribution in [1.29, 1.82) is 0 Å². The van der Waals surface area contributed by atoms with E-state index in [-0.39, 0.29) is 23.6 Å². The Balaban J connectivity index is 1.33. The first kappa shape index (κ1) is 19.1. The van der Waals surface area contributed by atoms with E-state index in [0.717, 1.165) is 11.3 Å². The number of amides is 2. The van der Waals surface area contributed by atoms with Gasteiger partial charge in [-0.15, -0.1) is 0 Å². The number of nitrogens with zero attached hydrogens (tertiary/aromatic N) is 3. The van der Waals surface area contributed by atoms with Crippen LogP contribution in [0.5, 0.6) is 0 Å². The quantitative estimate of drug-likeness (QED) is 0.437. The SMILES string of the molecule is O=C(CCc1cnn(-c2ccccc2)c1)NNC(=O)c1n[nH]c(=O)c2ccccc12. The molecule has 0 saturated heterocycles. The molecule has 4 rings (SSSR count). The van der Waals surface area contributed by atoms with Crippen LogP contribution in [0, 0.1) is 0 Å². The summed E-state index contributed by atoms with van der Waals surface area (Å²) < 4.78 is 1.74. The Hall–Kier alpha value is -4.27. The highest BCUT2D eigenvalue weighted by molar-refractivity contribution is 6.05. The fourth-order valence-electron chi connectivity index (χ4n) is 3.00. The van der Waals surface area contributed by atoms with Crippen LogP contribution in [0.3, 0.4) is 0 Å². The highest BCUT2D eigenvalue weighted by atomic mass is 16.2. The van der Waals surface area contributed by atoms with Gasteiger partial charge in [0.25, 0.3) is 11.5 Å². The van der Waals surface area contributed by atoms with Crippen LogP contribution in [-0.4, -0.2) is 31.8 Å². The van der Waals surface area contributed by atoms with Gasteiger partial charge in [0.2, 0.25) is 5.91 Å². The van der Waals surface area contributed by atoms with Crippen molar-refractivity contribution >= 4 is 22.6 Å². The van der Waals surface area contributed by atoms with Crippen LogP contribution in [0.1, 0.15) is 22.5 Å². The Bertz CT molecular complexity index is 1260. The number of hydrogen-bond donors (Lipinski definition) is 3. The number of benzene rings is 2. The number of nitrogens with one attached hydrogen (secondary N) is 3. The second-order valence-corrected chi connectivity index (χ2v) is 6.58. The molecule has 30 heavy (non-hydrogen) atoms. The van der Waals surface area contributed by atoms with Gasteiger partial charge in [0.05, 0.1) is 17.3 Å². The van der Waals surface area contributed by atoms with Crippen molar-refractivity contribution < 1.29 is 9.59 Å². The second kappa shape index (κ2) is 8.39. The van der Waals surface area contributed by atoms with Gasteiger partial charge in [-0.2, -0.15) is 10.2 Å². The van der Waals surface area contributed by atoms with Crippen LogP contribution < -0.4 is 16.4 Å². The van der Waals surface area contributed by atoms with E-state index in [4.69, 9.17) is 0 Å². The lowest BCUT2D eigenvalue weighted by molar-refractivity contribution is -0.121. The van der Waals surface area contributed by atoms with Crippen LogP contribution >= 0.6 is 0 Å². The maximum atomic E-state index is 12.4. The molecule has 2 aromatic carbocycles. The van der Waals surface area contributed by atoms with Crippen LogP contribution in [0.4, 0.5) is 0 Å². The van der Waals surface area contributed by atoms with E-state index in [9.17, 15) is 14.4 Å². The van der Waals surface area contributed by atoms with Gasteiger partial charge in [0.1, 0.15) is 0 Å². The molecule has 0 atom stereocenters. The van der Waals surface area contributed by atoms with Gasteiger partial charge in [-0.3, -0.25) is 25.2 Å². The number of carbonyl (C=O) groups is 2. The maximum absolute atomic E-state index is 12.4. The predicted octanol–water partition coefficient (Wildman–Crippen LogP) is 1.50. The molecule has 0 saturated carbocycles. The van der Waals surface area contributed by atoms with E-state index in [1.54, 1.807) is 35.1 Å². The lowest BCUT2D eigenvalue weighted by Crippen LogP contribution is -2.42. The number of hydrazine groups is 1. The van der Waals surface area contributed by atoms with Gasteiger partial charge >= 0.3 is 0 Å². The summed E-state index contributed by atoms with van der Waals surface area (Å²) in [7, 11) is 0. The number of para-hydroxylation sites is 1. The van der Waals surface area contributed by atoms with E-state index in [0.29, 0.717) is 17.2 Å². The lowest BCUT2D eigenvalue weighted by atomic mass is 10.1. The van der Waals surface area contributed by atoms with Crippen molar-refractivity contribution in [3.05, 3.63) is 88.6 Å². The number of fused-ring (bicyclic) bond motifs is 1. The Morgan fingerprint density at radius 2 is 1.70 bits per heavy atom. The number of carbonyl (C=O) groups excluding carboxylic acids is 2. The van der Waals surface area contributed by atoms with Crippen molar-refractivity contribution in [2.75, 3.05) is 0 Å². The van der Waals surface area contributed by atoms with Crippen molar-refractivity contribution in [2.45, 2.75) is 12.8 Å². The number of H-pyrrole nitrogens is 1. The van der Waals surface area contributed by atoms with Gasteiger partial charge in [-0.25, -0.2) is 9.78 Å². The third kappa shape index (κ3) is 4.09. The normalized spacial score (nSPS) is 10.7. The molecule has 0 aliphatic heterocycles. The van der Waals surface area contributed by atoms with E-state index in [2.05, 4.69) is 26.1 Å². The van der Waals surface area contributed by atoms with Gasteiger partial charge in [0.15, 0.2) is 5.69 Å². The van der Waals surface area contributed by atoms with Gasteiger partial charge in [0, 0.05) is 18.0 Å². The van der Waals surface area contributed by atoms with E-state index >= 15 is 0 Å². The minimum atomic E-state index is -0.618. The fourth-order valence-corrected chi connectivity index (χ4v) is 3.00. The molecule has 0 fully saturated rings. The summed E-state index contributed by atoms with van der Waals surface area (Å²) in [5.74, 6) is -0.975. The number of aromatic amines is 1. The van der Waals surface area contributed by atoms with Crippen LogP contribution in [0.25, 0.3) is 16.5 Å². The molecular weight excluding hydrogens is 384 g/mol. The first-order chi connectivity index (χ1) is 14.6. The highest BCUT2D eigenvalue weighted by Crippen LogP contribution is 2.12. The highest BCUT2D eigenvalue weighted by Gasteiger charge is 2.14. The zero-order valence-corrected chi connectivity index (χ0v) is 15.8. The molecule has 0 aliphatic rings. The standard InChI is InChI=1S/C21H18N6O3/c28-18(11-10-14-12-22-27(13-14)15-6-2-1-3-7-15)23-26-21(30)19-16-8-4-5-9-17(16)20(29)25-24-19/h1-9,12-13H,10-11H2,(H,23,28)(H,25,29)(H,26,30). The monoisotopic (exact) mass is 402 g/mol. The Kier molecular flexibility index (Phi) is 5.33. The maximum Gasteiger partial charge on any atom is 0.290 e. The molecule has 4 aromatic rings. The van der Waals surface area contributed by atoms with Gasteiger partial charge in [-0.1, -0.05) is 36.4 Å². The van der Waals surface area contributed by atoms with E-state index in [1.165, 1.54) is 0 Å². The lowest BCUT2D eigenvalue weighted by Gasteiger charge is -2.08. The number of aromatic nitrogens is 4. The van der Waals surface area contributed by atoms with Crippen molar-refractivity contribution in [3.63, 3.8) is 0 Å². The first-order valence-electron chi connectivity index (χ1n) is 9.27. The molecule has 2 heterocycles. The van der Waals surface area contributed by atoms with Crippen LogP contribution in [0.2, 0.25) is 0 Å². The molecule has 3 N–H and O–H groups in total. The molecule has 2 amide bonds. The van der Waals surface area contributed by atoms with Crippen molar-refractivity contribution in [1.82, 2.24) is 30.8 Å². The summed E-state index contributed by atoms with van der Waals surface area (Å²) in [4.78, 5) is 36.3. The third-order valence-corrected chi connectivity index (χ3v) is 4.52. The summed E-state index contributed by atoms with van der Waals surface area (Å²) in [5, 5.41) is 11.1. The van der Waals surface area contributed by atoms with Crippen molar-refractivity contribution in [2.24, 2.45) is 0 Å². The number of aryl methyl sites for hydroxylation is 1. The largest absolute Gasteiger partial charge is 0.290 e. The average molecular weight is 402 g/mol. The average Bonchev–Trinajstić information content (AvgIpc) is 3.26. The molecule has 0 unspecified atom stereocenters. The van der Waals surface area contributed by atoms with Crippen LogP contribution in [0.15, 0.2) is 71.8 Å². The van der Waals surface area contributed by atoms with Gasteiger partial charge in [-0.05, 0) is 30.2 Å². The minimum absolute atomic E-state index is 0.0228. The molecule has 0 spiro atoms. The van der Waals surface area contributed by atoms with Crippen LogP contribution in [-0.2, 0) is 11.2 Å². The molecule has 0 bridgehead atoms. The molecule has 2 aromatic heterocycles. The zero-order chi connectivity index (χ0) is 20.9. The molecular formula is C21H18N6O3. The third-order valence-electron chi connectivity index (χ3n) is 4.52. The first-order valence-corrected chi connectivity index (χ1v) is 9.27. The Labute approximate surface area is 170 Å². The second-order valence-electron chi connectivity index (χ2n) is 6.58. The molecule has 150 valence electrons. The fraction of sp³-hybridized carbons (Fsp3) is 0.0952. The summed E-state index contributed by atoms with van der Waals surface area (Å²) in [6.45, 7) is 0. The molecule has 9 nitrogen and oxygen atoms in total. The smallest absolute Gasteiger partial charge is 0.273 e. The number of hydrogen-bond acceptors (Lipinski definition) is 5. The van der Waals surface area contributed by atoms with Gasteiger partial charge < -0.3 is 0 Å². The summed E-state index contributed by atoms with van der Waals surface area (Å²) in [5.41, 5.74) is 6.17. The molecule has 0 radical (unpaired) electrons. The zero-order valence-electron chi connectivity index (χ0n) is 15.8. The topological polar surface area (TPSA) is 122 Å². The molecule has 0 aliphatic carbocycles. The van der Waals surface area contributed by atoms with E-state index in [1.807, 2.05) is 36.5 Å². The summed E-state index contributed by atoms with van der Waals surface area (Å²) in [6, 6.07) is 16.3.